The molecule has 1 heterocycles. The Bertz CT molecular complexity index is 422. The molecule has 0 aliphatic carbocycles. The Kier molecular flexibility index (Phi) is 4.45. The summed E-state index contributed by atoms with van der Waals surface area (Å²) < 4.78 is 26.3. The lowest BCUT2D eigenvalue weighted by molar-refractivity contribution is 0.0514. The largest absolute Gasteiger partial charge is 0.388 e. The summed E-state index contributed by atoms with van der Waals surface area (Å²) in [7, 11) is 0. The van der Waals surface area contributed by atoms with E-state index in [4.69, 9.17) is 5.73 Å². The molecule has 1 aromatic heterocycles. The van der Waals surface area contributed by atoms with Crippen LogP contribution in [0, 0.1) is 17.6 Å². The maximum Gasteiger partial charge on any atom is 0.168 e. The van der Waals surface area contributed by atoms with Crippen molar-refractivity contribution in [1.82, 2.24) is 4.98 Å². The molecular weight excluding hydrogens is 240 g/mol. The number of pyridine rings is 1. The topological polar surface area (TPSA) is 71.2 Å². The number of nitrogens with zero attached hydrogens (tertiary/aromatic N) is 1. The minimum absolute atomic E-state index is 0.111. The lowest BCUT2D eigenvalue weighted by Crippen LogP contribution is -2.35. The highest BCUT2D eigenvalue weighted by Gasteiger charge is 2.22. The van der Waals surface area contributed by atoms with E-state index >= 15 is 0 Å². The molecule has 1 atom stereocenters. The molecule has 0 saturated heterocycles. The molecule has 4 N–H and O–H groups in total. The van der Waals surface area contributed by atoms with Crippen LogP contribution in [-0.4, -0.2) is 22.2 Å². The van der Waals surface area contributed by atoms with Crippen LogP contribution in [0.1, 0.15) is 27.2 Å². The van der Waals surface area contributed by atoms with Crippen molar-refractivity contribution < 1.29 is 13.9 Å². The molecule has 0 aromatic carbocycles. The standard InChI is InChI=1S/C12H19F2N3O/c1-7(2)5-12(3,18)6-16-11-9(14)4-8(13)10(15)17-11/h4,7,18H,5-6H2,1-3H3,(H3,15,16,17). The molecule has 1 unspecified atom stereocenters. The van der Waals surface area contributed by atoms with Gasteiger partial charge < -0.3 is 16.2 Å². The SMILES string of the molecule is CC(C)CC(C)(O)CNc1nc(N)c(F)cc1F. The summed E-state index contributed by atoms with van der Waals surface area (Å²) in [5.41, 5.74) is 4.26. The summed E-state index contributed by atoms with van der Waals surface area (Å²) >= 11 is 0. The minimum Gasteiger partial charge on any atom is -0.388 e. The molecule has 0 aliphatic heterocycles. The number of nitrogens with two attached hydrogens (primary N) is 1. The fourth-order valence-corrected chi connectivity index (χ4v) is 1.83. The fourth-order valence-electron chi connectivity index (χ4n) is 1.83. The van der Waals surface area contributed by atoms with E-state index in [9.17, 15) is 13.9 Å². The highest BCUT2D eigenvalue weighted by atomic mass is 19.1. The van der Waals surface area contributed by atoms with Gasteiger partial charge in [-0.1, -0.05) is 13.8 Å². The predicted octanol–water partition coefficient (Wildman–Crippen LogP) is 2.15. The molecule has 102 valence electrons. The van der Waals surface area contributed by atoms with E-state index in [0.717, 1.165) is 0 Å². The van der Waals surface area contributed by atoms with E-state index in [1.54, 1.807) is 6.92 Å². The number of anilines is 2. The Morgan fingerprint density at radius 1 is 1.44 bits per heavy atom. The number of hydrogen-bond donors (Lipinski definition) is 3. The van der Waals surface area contributed by atoms with Crippen LogP contribution in [0.3, 0.4) is 0 Å². The molecule has 0 fully saturated rings. The van der Waals surface area contributed by atoms with Gasteiger partial charge in [-0.05, 0) is 19.3 Å². The Morgan fingerprint density at radius 3 is 2.61 bits per heavy atom. The predicted molar refractivity (Wildman–Crippen MR) is 67.1 cm³/mol. The molecule has 18 heavy (non-hydrogen) atoms. The summed E-state index contributed by atoms with van der Waals surface area (Å²) in [4.78, 5) is 3.56. The first-order chi connectivity index (χ1) is 8.21. The zero-order valence-corrected chi connectivity index (χ0v) is 10.8. The first-order valence-corrected chi connectivity index (χ1v) is 5.79. The number of aromatic nitrogens is 1. The van der Waals surface area contributed by atoms with Crippen molar-refractivity contribution in [2.75, 3.05) is 17.6 Å². The van der Waals surface area contributed by atoms with Gasteiger partial charge in [-0.15, -0.1) is 0 Å². The molecule has 0 radical (unpaired) electrons. The average Bonchev–Trinajstić information content (AvgIpc) is 2.19. The van der Waals surface area contributed by atoms with E-state index in [2.05, 4.69) is 10.3 Å². The van der Waals surface area contributed by atoms with Crippen molar-refractivity contribution >= 4 is 11.6 Å². The van der Waals surface area contributed by atoms with Gasteiger partial charge in [-0.3, -0.25) is 0 Å². The van der Waals surface area contributed by atoms with Gasteiger partial charge in [-0.25, -0.2) is 13.8 Å². The number of hydrogen-bond acceptors (Lipinski definition) is 4. The summed E-state index contributed by atoms with van der Waals surface area (Å²) in [6.45, 7) is 5.71. The molecule has 4 nitrogen and oxygen atoms in total. The van der Waals surface area contributed by atoms with E-state index < -0.39 is 17.2 Å². The highest BCUT2D eigenvalue weighted by Crippen LogP contribution is 2.20. The van der Waals surface area contributed by atoms with Gasteiger partial charge in [-0.2, -0.15) is 0 Å². The van der Waals surface area contributed by atoms with Crippen molar-refractivity contribution in [3.63, 3.8) is 0 Å². The van der Waals surface area contributed by atoms with E-state index in [1.165, 1.54) is 0 Å². The minimum atomic E-state index is -0.995. The van der Waals surface area contributed by atoms with Crippen LogP contribution in [0.2, 0.25) is 0 Å². The molecule has 1 aromatic rings. The van der Waals surface area contributed by atoms with Gasteiger partial charge in [0.1, 0.15) is 0 Å². The van der Waals surface area contributed by atoms with Crippen LogP contribution >= 0.6 is 0 Å². The van der Waals surface area contributed by atoms with Crippen molar-refractivity contribution in [1.29, 1.82) is 0 Å². The smallest absolute Gasteiger partial charge is 0.168 e. The molecule has 0 amide bonds. The number of nitrogens with one attached hydrogen (secondary N) is 1. The number of nitrogen functional groups attached to an aromatic ring is 1. The number of halogens is 2. The molecule has 0 bridgehead atoms. The molecule has 0 saturated carbocycles. The number of rotatable bonds is 5. The molecule has 6 heteroatoms. The summed E-state index contributed by atoms with van der Waals surface area (Å²) in [5.74, 6) is -1.95. The van der Waals surface area contributed by atoms with Gasteiger partial charge in [0.2, 0.25) is 0 Å². The van der Waals surface area contributed by atoms with Crippen molar-refractivity contribution in [3.05, 3.63) is 17.7 Å². The van der Waals surface area contributed by atoms with Gasteiger partial charge in [0.15, 0.2) is 23.3 Å². The molecule has 1 rings (SSSR count). The third-order valence-electron chi connectivity index (χ3n) is 2.44. The van der Waals surface area contributed by atoms with Crippen LogP contribution in [0.5, 0.6) is 0 Å². The lowest BCUT2D eigenvalue weighted by atomic mass is 9.94. The Labute approximate surface area is 105 Å². The summed E-state index contributed by atoms with van der Waals surface area (Å²) in [6.07, 6.45) is 0.554. The first-order valence-electron chi connectivity index (χ1n) is 5.79. The van der Waals surface area contributed by atoms with Crippen LogP contribution in [0.25, 0.3) is 0 Å². The van der Waals surface area contributed by atoms with Crippen LogP contribution in [0.15, 0.2) is 6.07 Å². The third kappa shape index (κ3) is 4.10. The van der Waals surface area contributed by atoms with E-state index in [1.807, 2.05) is 13.8 Å². The van der Waals surface area contributed by atoms with Crippen molar-refractivity contribution in [2.45, 2.75) is 32.8 Å². The zero-order chi connectivity index (χ0) is 13.9. The van der Waals surface area contributed by atoms with Gasteiger partial charge in [0, 0.05) is 12.6 Å². The highest BCUT2D eigenvalue weighted by molar-refractivity contribution is 5.45. The monoisotopic (exact) mass is 259 g/mol. The van der Waals surface area contributed by atoms with Gasteiger partial charge >= 0.3 is 0 Å². The average molecular weight is 259 g/mol. The van der Waals surface area contributed by atoms with Crippen molar-refractivity contribution in [2.24, 2.45) is 5.92 Å². The van der Waals surface area contributed by atoms with Gasteiger partial charge in [0.25, 0.3) is 0 Å². The second kappa shape index (κ2) is 5.48. The van der Waals surface area contributed by atoms with Crippen LogP contribution < -0.4 is 11.1 Å². The summed E-state index contributed by atoms with van der Waals surface area (Å²) in [6, 6.07) is 0.668. The van der Waals surface area contributed by atoms with Crippen molar-refractivity contribution in [3.8, 4) is 0 Å². The maximum absolute atomic E-state index is 13.4. The van der Waals surface area contributed by atoms with Crippen LogP contribution in [-0.2, 0) is 0 Å². The van der Waals surface area contributed by atoms with Gasteiger partial charge in [0.05, 0.1) is 5.60 Å². The molecule has 0 spiro atoms. The second-order valence-corrected chi connectivity index (χ2v) is 5.13. The Balaban J connectivity index is 2.72. The molecule has 0 aliphatic rings. The second-order valence-electron chi connectivity index (χ2n) is 5.13. The Hall–Kier alpha value is -1.43. The lowest BCUT2D eigenvalue weighted by Gasteiger charge is -2.25. The first kappa shape index (κ1) is 14.6. The van der Waals surface area contributed by atoms with Crippen LogP contribution in [0.4, 0.5) is 20.4 Å². The Morgan fingerprint density at radius 2 is 2.06 bits per heavy atom. The zero-order valence-electron chi connectivity index (χ0n) is 10.8. The normalized spacial score (nSPS) is 14.6. The van der Waals surface area contributed by atoms with E-state index in [0.29, 0.717) is 18.4 Å². The fraction of sp³-hybridized carbons (Fsp3) is 0.583. The molecular formula is C12H19F2N3O. The number of aliphatic hydroxyl groups is 1. The third-order valence-corrected chi connectivity index (χ3v) is 2.44. The summed E-state index contributed by atoms with van der Waals surface area (Å²) in [5, 5.41) is 12.7. The quantitative estimate of drug-likeness (QED) is 0.757. The van der Waals surface area contributed by atoms with E-state index in [-0.39, 0.29) is 18.2 Å². The maximum atomic E-state index is 13.4.